The summed E-state index contributed by atoms with van der Waals surface area (Å²) in [4.78, 5) is 2.57. The fourth-order valence-corrected chi connectivity index (χ4v) is 3.01. The van der Waals surface area contributed by atoms with Gasteiger partial charge in [-0.25, -0.2) is 0 Å². The first-order valence-corrected chi connectivity index (χ1v) is 9.63. The van der Waals surface area contributed by atoms with Gasteiger partial charge in [0.15, 0.2) is 0 Å². The van der Waals surface area contributed by atoms with Gasteiger partial charge in [-0.3, -0.25) is 4.90 Å². The molecular formula is C21H37N. The Bertz CT molecular complexity index is 333. The fourth-order valence-electron chi connectivity index (χ4n) is 3.01. The summed E-state index contributed by atoms with van der Waals surface area (Å²) in [5.74, 6) is 0. The highest BCUT2D eigenvalue weighted by molar-refractivity contribution is 5.14. The molecule has 1 rings (SSSR count). The van der Waals surface area contributed by atoms with E-state index < -0.39 is 0 Å². The van der Waals surface area contributed by atoms with Gasteiger partial charge in [-0.2, -0.15) is 0 Å². The van der Waals surface area contributed by atoms with Crippen molar-refractivity contribution in [3.8, 4) is 0 Å². The second-order valence-electron chi connectivity index (χ2n) is 6.54. The van der Waals surface area contributed by atoms with Crippen molar-refractivity contribution in [1.29, 1.82) is 0 Å². The molecule has 1 heteroatoms. The predicted octanol–water partition coefficient (Wildman–Crippen LogP) is 6.43. The number of nitrogens with zero attached hydrogens (tertiary/aromatic N) is 1. The van der Waals surface area contributed by atoms with E-state index >= 15 is 0 Å². The van der Waals surface area contributed by atoms with Gasteiger partial charge in [-0.05, 0) is 25.1 Å². The van der Waals surface area contributed by atoms with Crippen LogP contribution in [0.3, 0.4) is 0 Å². The molecular weight excluding hydrogens is 266 g/mol. The lowest BCUT2D eigenvalue weighted by Crippen LogP contribution is -2.23. The van der Waals surface area contributed by atoms with Gasteiger partial charge in [-0.15, -0.1) is 0 Å². The van der Waals surface area contributed by atoms with Crippen LogP contribution in [-0.2, 0) is 6.54 Å². The van der Waals surface area contributed by atoms with Crippen LogP contribution in [-0.4, -0.2) is 18.0 Å². The van der Waals surface area contributed by atoms with Crippen LogP contribution in [0.25, 0.3) is 0 Å². The third-order valence-electron chi connectivity index (χ3n) is 4.52. The smallest absolute Gasteiger partial charge is 0.0233 e. The van der Waals surface area contributed by atoms with Crippen LogP contribution in [0.15, 0.2) is 30.3 Å². The first kappa shape index (κ1) is 19.2. The molecule has 1 aromatic carbocycles. The van der Waals surface area contributed by atoms with Gasteiger partial charge in [0.1, 0.15) is 0 Å². The molecule has 0 saturated heterocycles. The van der Waals surface area contributed by atoms with Crippen molar-refractivity contribution in [3.63, 3.8) is 0 Å². The number of benzene rings is 1. The van der Waals surface area contributed by atoms with Crippen molar-refractivity contribution in [2.45, 2.75) is 84.6 Å². The van der Waals surface area contributed by atoms with E-state index in [2.05, 4.69) is 49.1 Å². The molecule has 126 valence electrons. The summed E-state index contributed by atoms with van der Waals surface area (Å²) >= 11 is 0. The second-order valence-corrected chi connectivity index (χ2v) is 6.54. The van der Waals surface area contributed by atoms with Gasteiger partial charge in [0.2, 0.25) is 0 Å². The minimum absolute atomic E-state index is 1.11. The summed E-state index contributed by atoms with van der Waals surface area (Å²) < 4.78 is 0. The lowest BCUT2D eigenvalue weighted by atomic mass is 10.1. The highest BCUT2D eigenvalue weighted by atomic mass is 15.1. The Morgan fingerprint density at radius 2 is 1.23 bits per heavy atom. The molecule has 0 amide bonds. The predicted molar refractivity (Wildman–Crippen MR) is 99.2 cm³/mol. The molecule has 0 aliphatic carbocycles. The van der Waals surface area contributed by atoms with E-state index in [1.54, 1.807) is 0 Å². The Kier molecular flexibility index (Phi) is 12.1. The average Bonchev–Trinajstić information content (AvgIpc) is 2.56. The van der Waals surface area contributed by atoms with Crippen molar-refractivity contribution in [3.05, 3.63) is 35.9 Å². The van der Waals surface area contributed by atoms with Gasteiger partial charge in [0.05, 0.1) is 0 Å². The van der Waals surface area contributed by atoms with Crippen LogP contribution in [0.2, 0.25) is 0 Å². The van der Waals surface area contributed by atoms with Crippen LogP contribution >= 0.6 is 0 Å². The molecule has 0 aromatic heterocycles. The van der Waals surface area contributed by atoms with E-state index in [0.29, 0.717) is 0 Å². The first-order valence-electron chi connectivity index (χ1n) is 9.63. The van der Waals surface area contributed by atoms with Gasteiger partial charge in [0.25, 0.3) is 0 Å². The Morgan fingerprint density at radius 1 is 0.682 bits per heavy atom. The van der Waals surface area contributed by atoms with Crippen molar-refractivity contribution in [2.24, 2.45) is 0 Å². The zero-order valence-corrected chi connectivity index (χ0v) is 15.0. The largest absolute Gasteiger partial charge is 0.299 e. The maximum atomic E-state index is 2.57. The van der Waals surface area contributed by atoms with Crippen LogP contribution in [0, 0.1) is 0 Å². The van der Waals surface area contributed by atoms with E-state index in [1.807, 2.05) is 0 Å². The minimum atomic E-state index is 1.11. The van der Waals surface area contributed by atoms with Crippen molar-refractivity contribution >= 4 is 0 Å². The van der Waals surface area contributed by atoms with Gasteiger partial charge in [0, 0.05) is 6.54 Å². The van der Waals surface area contributed by atoms with Crippen molar-refractivity contribution < 1.29 is 0 Å². The van der Waals surface area contributed by atoms with Gasteiger partial charge in [-0.1, -0.05) is 102 Å². The molecule has 0 spiro atoms. The number of unbranched alkanes of at least 4 members (excludes halogenated alkanes) is 9. The molecule has 0 saturated carbocycles. The summed E-state index contributed by atoms with van der Waals surface area (Å²) in [6.07, 6.45) is 14.2. The Labute approximate surface area is 139 Å². The lowest BCUT2D eigenvalue weighted by Gasteiger charge is -2.20. The van der Waals surface area contributed by atoms with Crippen LogP contribution in [0.1, 0.15) is 83.6 Å². The lowest BCUT2D eigenvalue weighted by molar-refractivity contribution is 0.272. The molecule has 0 atom stereocenters. The molecule has 1 nitrogen and oxygen atoms in total. The molecule has 0 aliphatic rings. The Hall–Kier alpha value is -0.820. The summed E-state index contributed by atoms with van der Waals surface area (Å²) in [5.41, 5.74) is 1.44. The molecule has 0 radical (unpaired) electrons. The SMILES string of the molecule is CCCCCCCCCCCCN(CC)Cc1ccccc1. The normalized spacial score (nSPS) is 11.2. The standard InChI is InChI=1S/C21H37N/c1-3-5-6-7-8-9-10-11-12-16-19-22(4-2)20-21-17-14-13-15-18-21/h13-15,17-18H,3-12,16,19-20H2,1-2H3. The third-order valence-corrected chi connectivity index (χ3v) is 4.52. The highest BCUT2D eigenvalue weighted by Gasteiger charge is 2.03. The number of hydrogen-bond donors (Lipinski definition) is 0. The average molecular weight is 304 g/mol. The van der Waals surface area contributed by atoms with Gasteiger partial charge >= 0.3 is 0 Å². The molecule has 0 heterocycles. The van der Waals surface area contributed by atoms with Crippen LogP contribution in [0.5, 0.6) is 0 Å². The first-order chi connectivity index (χ1) is 10.9. The summed E-state index contributed by atoms with van der Waals surface area (Å²) in [7, 11) is 0. The maximum Gasteiger partial charge on any atom is 0.0233 e. The van der Waals surface area contributed by atoms with Crippen molar-refractivity contribution in [1.82, 2.24) is 4.90 Å². The maximum absolute atomic E-state index is 2.57. The van der Waals surface area contributed by atoms with Gasteiger partial charge < -0.3 is 0 Å². The van der Waals surface area contributed by atoms with E-state index in [4.69, 9.17) is 0 Å². The topological polar surface area (TPSA) is 3.24 Å². The third kappa shape index (κ3) is 10.00. The number of hydrogen-bond acceptors (Lipinski definition) is 1. The van der Waals surface area contributed by atoms with Crippen LogP contribution < -0.4 is 0 Å². The van der Waals surface area contributed by atoms with E-state index in [-0.39, 0.29) is 0 Å². The van der Waals surface area contributed by atoms with E-state index in [9.17, 15) is 0 Å². The molecule has 0 aliphatic heterocycles. The molecule has 1 aromatic rings. The summed E-state index contributed by atoms with van der Waals surface area (Å²) in [5, 5.41) is 0. The zero-order valence-electron chi connectivity index (χ0n) is 15.0. The Balaban J connectivity index is 1.96. The molecule has 0 N–H and O–H groups in total. The number of rotatable bonds is 14. The van der Waals surface area contributed by atoms with Crippen LogP contribution in [0.4, 0.5) is 0 Å². The monoisotopic (exact) mass is 303 g/mol. The van der Waals surface area contributed by atoms with E-state index in [1.165, 1.54) is 76.3 Å². The molecule has 0 bridgehead atoms. The molecule has 0 fully saturated rings. The zero-order chi connectivity index (χ0) is 15.9. The minimum Gasteiger partial charge on any atom is -0.299 e. The fraction of sp³-hybridized carbons (Fsp3) is 0.714. The molecule has 22 heavy (non-hydrogen) atoms. The quantitative estimate of drug-likeness (QED) is 0.358. The molecule has 0 unspecified atom stereocenters. The van der Waals surface area contributed by atoms with Crippen molar-refractivity contribution in [2.75, 3.05) is 13.1 Å². The summed E-state index contributed by atoms with van der Waals surface area (Å²) in [6.45, 7) is 8.08. The second kappa shape index (κ2) is 13.8. The Morgan fingerprint density at radius 3 is 1.77 bits per heavy atom. The van der Waals surface area contributed by atoms with E-state index in [0.717, 1.165) is 13.1 Å². The highest BCUT2D eigenvalue weighted by Crippen LogP contribution is 2.11. The summed E-state index contributed by atoms with van der Waals surface area (Å²) in [6, 6.07) is 10.9.